The van der Waals surface area contributed by atoms with Gasteiger partial charge in [-0.05, 0) is 26.6 Å². The van der Waals surface area contributed by atoms with Crippen molar-refractivity contribution in [3.8, 4) is 5.75 Å². The van der Waals surface area contributed by atoms with Crippen molar-refractivity contribution in [3.05, 3.63) is 42.2 Å². The lowest BCUT2D eigenvalue weighted by Crippen LogP contribution is -2.31. The first-order chi connectivity index (χ1) is 12.1. The number of amides is 1. The van der Waals surface area contributed by atoms with Gasteiger partial charge in [0, 0.05) is 50.1 Å². The number of aryl methyl sites for hydroxylation is 1. The average molecular weight is 343 g/mol. The molecule has 1 aliphatic rings. The molecule has 2 aromatic rings. The number of carbonyl (C=O) groups excluding carboxylic acids is 1. The van der Waals surface area contributed by atoms with Crippen LogP contribution in [-0.2, 0) is 17.8 Å². The van der Waals surface area contributed by atoms with Gasteiger partial charge in [-0.3, -0.25) is 9.78 Å². The molecule has 1 saturated heterocycles. The zero-order chi connectivity index (χ0) is 17.6. The minimum absolute atomic E-state index is 0.0470. The lowest BCUT2D eigenvalue weighted by atomic mass is 10.2. The van der Waals surface area contributed by atoms with E-state index in [0.717, 1.165) is 36.6 Å². The summed E-state index contributed by atoms with van der Waals surface area (Å²) in [5.41, 5.74) is 1.97. The van der Waals surface area contributed by atoms with Gasteiger partial charge in [0.2, 0.25) is 5.91 Å². The molecule has 0 aromatic carbocycles. The third-order valence-corrected chi connectivity index (χ3v) is 4.23. The standard InChI is InChI=1S/C18H25N5O2/c1-22(2)11-15-9-16(5-7-20-15)25-17-6-8-23(12-17)18(24)4-3-14-10-19-13-21-14/h5,7,9-10,13,17H,3-4,6,8,11-12H2,1-2H3,(H,19,21). The van der Waals surface area contributed by atoms with Crippen LogP contribution in [0.3, 0.4) is 0 Å². The Kier molecular flexibility index (Phi) is 5.65. The number of ether oxygens (including phenoxy) is 1. The second kappa shape index (κ2) is 8.11. The molecule has 25 heavy (non-hydrogen) atoms. The highest BCUT2D eigenvalue weighted by Crippen LogP contribution is 2.20. The van der Waals surface area contributed by atoms with E-state index in [-0.39, 0.29) is 12.0 Å². The molecule has 1 fully saturated rings. The molecule has 1 aliphatic heterocycles. The van der Waals surface area contributed by atoms with E-state index in [9.17, 15) is 4.79 Å². The SMILES string of the molecule is CN(C)Cc1cc(OC2CCN(C(=O)CCc3cnc[nH]3)C2)ccn1. The minimum Gasteiger partial charge on any atom is -0.488 e. The van der Waals surface area contributed by atoms with Crippen LogP contribution in [0, 0.1) is 0 Å². The van der Waals surface area contributed by atoms with Crippen molar-refractivity contribution in [1.29, 1.82) is 0 Å². The highest BCUT2D eigenvalue weighted by Gasteiger charge is 2.27. The summed E-state index contributed by atoms with van der Waals surface area (Å²) in [4.78, 5) is 27.6. The number of aromatic nitrogens is 3. The van der Waals surface area contributed by atoms with E-state index in [2.05, 4.69) is 19.9 Å². The Bertz CT molecular complexity index is 687. The number of H-pyrrole nitrogens is 1. The van der Waals surface area contributed by atoms with Crippen LogP contribution in [0.2, 0.25) is 0 Å². The number of likely N-dealkylation sites (tertiary alicyclic amines) is 1. The number of nitrogens with zero attached hydrogens (tertiary/aromatic N) is 4. The largest absolute Gasteiger partial charge is 0.488 e. The minimum atomic E-state index is 0.0470. The normalized spacial score (nSPS) is 17.2. The first-order valence-electron chi connectivity index (χ1n) is 8.61. The molecule has 7 nitrogen and oxygen atoms in total. The zero-order valence-corrected chi connectivity index (χ0v) is 14.8. The van der Waals surface area contributed by atoms with Crippen LogP contribution < -0.4 is 4.74 Å². The third kappa shape index (κ3) is 5.03. The van der Waals surface area contributed by atoms with Crippen molar-refractivity contribution in [2.24, 2.45) is 0 Å². The highest BCUT2D eigenvalue weighted by atomic mass is 16.5. The average Bonchev–Trinajstić information content (AvgIpc) is 3.24. The van der Waals surface area contributed by atoms with Crippen molar-refractivity contribution in [1.82, 2.24) is 24.8 Å². The molecular formula is C18H25N5O2. The maximum atomic E-state index is 12.3. The van der Waals surface area contributed by atoms with E-state index in [1.54, 1.807) is 18.7 Å². The second-order valence-electron chi connectivity index (χ2n) is 6.67. The van der Waals surface area contributed by atoms with Crippen LogP contribution in [0.25, 0.3) is 0 Å². The molecule has 1 N–H and O–H groups in total. The van der Waals surface area contributed by atoms with Gasteiger partial charge in [0.15, 0.2) is 0 Å². The molecule has 0 bridgehead atoms. The van der Waals surface area contributed by atoms with Crippen molar-refractivity contribution < 1.29 is 9.53 Å². The van der Waals surface area contributed by atoms with Gasteiger partial charge in [0.1, 0.15) is 11.9 Å². The number of rotatable bonds is 7. The predicted octanol–water partition coefficient (Wildman–Crippen LogP) is 1.48. The number of nitrogens with one attached hydrogen (secondary N) is 1. The van der Waals surface area contributed by atoms with E-state index in [1.807, 2.05) is 31.1 Å². The van der Waals surface area contributed by atoms with Gasteiger partial charge in [0.25, 0.3) is 0 Å². The fourth-order valence-corrected chi connectivity index (χ4v) is 3.00. The van der Waals surface area contributed by atoms with Crippen molar-refractivity contribution in [2.75, 3.05) is 27.2 Å². The predicted molar refractivity (Wildman–Crippen MR) is 94.1 cm³/mol. The maximum Gasteiger partial charge on any atom is 0.223 e. The molecule has 2 aromatic heterocycles. The Labute approximate surface area is 148 Å². The fraction of sp³-hybridized carbons (Fsp3) is 0.500. The fourth-order valence-electron chi connectivity index (χ4n) is 3.00. The molecule has 134 valence electrons. The molecule has 1 amide bonds. The molecule has 3 heterocycles. The summed E-state index contributed by atoms with van der Waals surface area (Å²) in [6.45, 7) is 2.18. The summed E-state index contributed by atoms with van der Waals surface area (Å²) in [5.74, 6) is 0.993. The molecule has 1 atom stereocenters. The lowest BCUT2D eigenvalue weighted by molar-refractivity contribution is -0.130. The zero-order valence-electron chi connectivity index (χ0n) is 14.8. The third-order valence-electron chi connectivity index (χ3n) is 4.23. The van der Waals surface area contributed by atoms with Crippen LogP contribution in [0.15, 0.2) is 30.9 Å². The molecule has 0 saturated carbocycles. The first kappa shape index (κ1) is 17.4. The molecule has 0 aliphatic carbocycles. The Balaban J connectivity index is 1.48. The number of hydrogen-bond donors (Lipinski definition) is 1. The number of carbonyl (C=O) groups is 1. The van der Waals surface area contributed by atoms with Gasteiger partial charge in [-0.2, -0.15) is 0 Å². The smallest absolute Gasteiger partial charge is 0.223 e. The van der Waals surface area contributed by atoms with Gasteiger partial charge < -0.3 is 19.5 Å². The van der Waals surface area contributed by atoms with E-state index in [1.165, 1.54) is 0 Å². The van der Waals surface area contributed by atoms with E-state index in [0.29, 0.717) is 19.4 Å². The lowest BCUT2D eigenvalue weighted by Gasteiger charge is -2.17. The summed E-state index contributed by atoms with van der Waals surface area (Å²) in [7, 11) is 4.03. The maximum absolute atomic E-state index is 12.3. The molecule has 7 heteroatoms. The van der Waals surface area contributed by atoms with Crippen LogP contribution in [0.1, 0.15) is 24.2 Å². The quantitative estimate of drug-likeness (QED) is 0.824. The first-order valence-corrected chi connectivity index (χ1v) is 8.61. The highest BCUT2D eigenvalue weighted by molar-refractivity contribution is 5.76. The number of hydrogen-bond acceptors (Lipinski definition) is 5. The summed E-state index contributed by atoms with van der Waals surface area (Å²) < 4.78 is 6.06. The van der Waals surface area contributed by atoms with Crippen LogP contribution in [-0.4, -0.2) is 63.9 Å². The summed E-state index contributed by atoms with van der Waals surface area (Å²) in [5, 5.41) is 0. The number of aromatic amines is 1. The topological polar surface area (TPSA) is 74.3 Å². The van der Waals surface area contributed by atoms with E-state index >= 15 is 0 Å². The van der Waals surface area contributed by atoms with Gasteiger partial charge in [-0.1, -0.05) is 0 Å². The van der Waals surface area contributed by atoms with Crippen LogP contribution in [0.4, 0.5) is 0 Å². The Morgan fingerprint density at radius 1 is 1.48 bits per heavy atom. The molecule has 0 spiro atoms. The summed E-state index contributed by atoms with van der Waals surface area (Å²) in [6, 6.07) is 3.85. The van der Waals surface area contributed by atoms with Gasteiger partial charge in [-0.15, -0.1) is 0 Å². The van der Waals surface area contributed by atoms with Gasteiger partial charge in [-0.25, -0.2) is 4.98 Å². The second-order valence-corrected chi connectivity index (χ2v) is 6.67. The van der Waals surface area contributed by atoms with Gasteiger partial charge >= 0.3 is 0 Å². The molecular weight excluding hydrogens is 318 g/mol. The Hall–Kier alpha value is -2.41. The van der Waals surface area contributed by atoms with Crippen molar-refractivity contribution in [2.45, 2.75) is 31.9 Å². The Morgan fingerprint density at radius 3 is 3.12 bits per heavy atom. The summed E-state index contributed by atoms with van der Waals surface area (Å²) in [6.07, 6.45) is 7.27. The summed E-state index contributed by atoms with van der Waals surface area (Å²) >= 11 is 0. The monoisotopic (exact) mass is 343 g/mol. The van der Waals surface area contributed by atoms with Crippen LogP contribution >= 0.6 is 0 Å². The Morgan fingerprint density at radius 2 is 2.36 bits per heavy atom. The number of pyridine rings is 1. The van der Waals surface area contributed by atoms with E-state index in [4.69, 9.17) is 4.74 Å². The number of imidazole rings is 1. The van der Waals surface area contributed by atoms with E-state index < -0.39 is 0 Å². The van der Waals surface area contributed by atoms with Crippen molar-refractivity contribution in [3.63, 3.8) is 0 Å². The van der Waals surface area contributed by atoms with Gasteiger partial charge in [0.05, 0.1) is 18.6 Å². The molecule has 0 radical (unpaired) electrons. The van der Waals surface area contributed by atoms with Crippen LogP contribution in [0.5, 0.6) is 5.75 Å². The molecule has 1 unspecified atom stereocenters. The van der Waals surface area contributed by atoms with Crippen molar-refractivity contribution >= 4 is 5.91 Å². The molecule has 3 rings (SSSR count).